The molecule has 1 aliphatic carbocycles. The second-order valence-electron chi connectivity index (χ2n) is 4.66. The summed E-state index contributed by atoms with van der Waals surface area (Å²) in [5.41, 5.74) is 8.98. The Morgan fingerprint density at radius 2 is 2.00 bits per heavy atom. The Hall–Kier alpha value is -1.55. The minimum Gasteiger partial charge on any atom is -0.477 e. The topological polar surface area (TPSA) is 64.3 Å². The van der Waals surface area contributed by atoms with E-state index in [0.29, 0.717) is 0 Å². The number of hydrogen-bond acceptors (Lipinski definition) is 3. The number of nitrogens with two attached hydrogens (primary N) is 1. The average Bonchev–Trinajstić information content (AvgIpc) is 2.35. The fourth-order valence-corrected chi connectivity index (χ4v) is 2.53. The first kappa shape index (κ1) is 10.6. The van der Waals surface area contributed by atoms with Crippen LogP contribution in [0.5, 0.6) is 5.75 Å². The van der Waals surface area contributed by atoms with Gasteiger partial charge in [-0.15, -0.1) is 0 Å². The van der Waals surface area contributed by atoms with Crippen LogP contribution in [0, 0.1) is 0 Å². The Bertz CT molecular complexity index is 471. The van der Waals surface area contributed by atoms with E-state index in [1.165, 1.54) is 24.0 Å². The van der Waals surface area contributed by atoms with E-state index in [1.54, 1.807) is 0 Å². The van der Waals surface area contributed by atoms with Gasteiger partial charge in [-0.3, -0.25) is 4.79 Å². The van der Waals surface area contributed by atoms with Gasteiger partial charge >= 0.3 is 0 Å². The van der Waals surface area contributed by atoms with Gasteiger partial charge in [-0.25, -0.2) is 0 Å². The highest BCUT2D eigenvalue weighted by molar-refractivity contribution is 5.98. The number of aryl methyl sites for hydroxylation is 2. The van der Waals surface area contributed by atoms with E-state index >= 15 is 0 Å². The van der Waals surface area contributed by atoms with Crippen molar-refractivity contribution in [3.05, 3.63) is 23.3 Å². The molecule has 3 rings (SSSR count). The minimum atomic E-state index is -0.552. The predicted molar refractivity (Wildman–Crippen MR) is 65.2 cm³/mol. The molecule has 0 bridgehead atoms. The van der Waals surface area contributed by atoms with Gasteiger partial charge in [-0.2, -0.15) is 0 Å². The van der Waals surface area contributed by atoms with E-state index < -0.39 is 6.10 Å². The second-order valence-corrected chi connectivity index (χ2v) is 4.66. The number of carbonyl (C=O) groups is 1. The van der Waals surface area contributed by atoms with Crippen LogP contribution in [0.4, 0.5) is 5.69 Å². The molecule has 0 saturated carbocycles. The summed E-state index contributed by atoms with van der Waals surface area (Å²) in [5.74, 6) is 0.622. The third-order valence-electron chi connectivity index (χ3n) is 3.48. The maximum absolute atomic E-state index is 11.6. The van der Waals surface area contributed by atoms with E-state index in [9.17, 15) is 4.79 Å². The van der Waals surface area contributed by atoms with Crippen LogP contribution in [0.1, 0.15) is 24.0 Å². The lowest BCUT2D eigenvalue weighted by Gasteiger charge is -2.27. The number of ether oxygens (including phenoxy) is 1. The van der Waals surface area contributed by atoms with Crippen molar-refractivity contribution in [1.29, 1.82) is 0 Å². The molecule has 4 nitrogen and oxygen atoms in total. The van der Waals surface area contributed by atoms with Crippen molar-refractivity contribution in [3.8, 4) is 5.75 Å². The van der Waals surface area contributed by atoms with Crippen molar-refractivity contribution in [2.24, 2.45) is 5.73 Å². The van der Waals surface area contributed by atoms with E-state index in [4.69, 9.17) is 10.5 Å². The molecule has 90 valence electrons. The van der Waals surface area contributed by atoms with Crippen molar-refractivity contribution >= 4 is 11.6 Å². The highest BCUT2D eigenvalue weighted by Crippen LogP contribution is 2.35. The first-order valence-electron chi connectivity index (χ1n) is 6.11. The maximum Gasteiger partial charge on any atom is 0.266 e. The molecule has 0 radical (unpaired) electrons. The summed E-state index contributed by atoms with van der Waals surface area (Å²) >= 11 is 0. The number of anilines is 1. The zero-order valence-electron chi connectivity index (χ0n) is 9.66. The summed E-state index contributed by atoms with van der Waals surface area (Å²) in [6, 6.07) is 4.11. The Kier molecular flexibility index (Phi) is 2.52. The molecule has 3 N–H and O–H groups in total. The van der Waals surface area contributed by atoms with Crippen molar-refractivity contribution in [2.45, 2.75) is 31.8 Å². The summed E-state index contributed by atoms with van der Waals surface area (Å²) in [4.78, 5) is 11.6. The van der Waals surface area contributed by atoms with Gasteiger partial charge in [0.2, 0.25) is 0 Å². The highest BCUT2D eigenvalue weighted by Gasteiger charge is 2.27. The Labute approximate surface area is 100 Å². The fraction of sp³-hybridized carbons (Fsp3) is 0.462. The van der Waals surface area contributed by atoms with Gasteiger partial charge in [0.15, 0.2) is 6.10 Å². The van der Waals surface area contributed by atoms with E-state index in [-0.39, 0.29) is 12.5 Å². The molecule has 1 heterocycles. The third kappa shape index (κ3) is 1.78. The van der Waals surface area contributed by atoms with Gasteiger partial charge in [-0.1, -0.05) is 0 Å². The molecule has 2 aliphatic rings. The lowest BCUT2D eigenvalue weighted by Crippen LogP contribution is -2.42. The quantitative estimate of drug-likeness (QED) is 0.765. The zero-order valence-corrected chi connectivity index (χ0v) is 9.66. The fourth-order valence-electron chi connectivity index (χ4n) is 2.53. The molecule has 0 fully saturated rings. The first-order valence-corrected chi connectivity index (χ1v) is 6.11. The van der Waals surface area contributed by atoms with Crippen LogP contribution in [0.15, 0.2) is 12.1 Å². The SMILES string of the molecule is NCC1Oc2cc3c(cc2NC1=O)CCCC3. The molecule has 0 aromatic heterocycles. The predicted octanol–water partition coefficient (Wildman–Crippen LogP) is 1.22. The molecule has 1 aromatic carbocycles. The molecule has 4 heteroatoms. The molecule has 1 atom stereocenters. The van der Waals surface area contributed by atoms with Crippen LogP contribution >= 0.6 is 0 Å². The summed E-state index contributed by atoms with van der Waals surface area (Å²) < 4.78 is 5.62. The molecular weight excluding hydrogens is 216 g/mol. The van der Waals surface area contributed by atoms with Crippen molar-refractivity contribution in [3.63, 3.8) is 0 Å². The summed E-state index contributed by atoms with van der Waals surface area (Å²) in [6.45, 7) is 0.211. The molecule has 0 spiro atoms. The number of amides is 1. The molecule has 17 heavy (non-hydrogen) atoms. The normalized spacial score (nSPS) is 22.2. The van der Waals surface area contributed by atoms with E-state index in [1.807, 2.05) is 0 Å². The van der Waals surface area contributed by atoms with Crippen molar-refractivity contribution in [2.75, 3.05) is 11.9 Å². The number of carbonyl (C=O) groups excluding carboxylic acids is 1. The van der Waals surface area contributed by atoms with Gasteiger partial charge < -0.3 is 15.8 Å². The number of hydrogen-bond donors (Lipinski definition) is 2. The monoisotopic (exact) mass is 232 g/mol. The molecule has 1 amide bonds. The van der Waals surface area contributed by atoms with Crippen molar-refractivity contribution < 1.29 is 9.53 Å². The molecule has 0 saturated heterocycles. The van der Waals surface area contributed by atoms with Crippen LogP contribution < -0.4 is 15.8 Å². The Morgan fingerprint density at radius 1 is 1.29 bits per heavy atom. The highest BCUT2D eigenvalue weighted by atomic mass is 16.5. The van der Waals surface area contributed by atoms with Crippen LogP contribution in [0.2, 0.25) is 0 Å². The second kappa shape index (κ2) is 4.04. The average molecular weight is 232 g/mol. The van der Waals surface area contributed by atoms with E-state index in [0.717, 1.165) is 24.3 Å². The van der Waals surface area contributed by atoms with Crippen LogP contribution in [-0.4, -0.2) is 18.6 Å². The number of fused-ring (bicyclic) bond motifs is 2. The lowest BCUT2D eigenvalue weighted by atomic mass is 9.91. The van der Waals surface area contributed by atoms with Crippen LogP contribution in [0.3, 0.4) is 0 Å². The van der Waals surface area contributed by atoms with E-state index in [2.05, 4.69) is 17.4 Å². The summed E-state index contributed by atoms with van der Waals surface area (Å²) in [7, 11) is 0. The largest absolute Gasteiger partial charge is 0.477 e. The zero-order chi connectivity index (χ0) is 11.8. The Morgan fingerprint density at radius 3 is 2.71 bits per heavy atom. The Balaban J connectivity index is 1.99. The molecular formula is C13H16N2O2. The standard InChI is InChI=1S/C13H16N2O2/c14-7-12-13(16)15-10-5-8-3-1-2-4-9(8)6-11(10)17-12/h5-6,12H,1-4,7,14H2,(H,15,16). The smallest absolute Gasteiger partial charge is 0.266 e. The van der Waals surface area contributed by atoms with Crippen LogP contribution in [-0.2, 0) is 17.6 Å². The van der Waals surface area contributed by atoms with Gasteiger partial charge in [0.05, 0.1) is 5.69 Å². The molecule has 1 unspecified atom stereocenters. The minimum absolute atomic E-state index is 0.143. The molecule has 1 aromatic rings. The number of nitrogens with one attached hydrogen (secondary N) is 1. The summed E-state index contributed by atoms with van der Waals surface area (Å²) in [6.07, 6.45) is 4.11. The van der Waals surface area contributed by atoms with Gasteiger partial charge in [0, 0.05) is 6.54 Å². The number of benzene rings is 1. The first-order chi connectivity index (χ1) is 8.28. The van der Waals surface area contributed by atoms with Crippen LogP contribution in [0.25, 0.3) is 0 Å². The van der Waals surface area contributed by atoms with Gasteiger partial charge in [-0.05, 0) is 48.9 Å². The lowest BCUT2D eigenvalue weighted by molar-refractivity contribution is -0.123. The maximum atomic E-state index is 11.6. The van der Waals surface area contributed by atoms with Gasteiger partial charge in [0.1, 0.15) is 5.75 Å². The van der Waals surface area contributed by atoms with Crippen molar-refractivity contribution in [1.82, 2.24) is 0 Å². The number of rotatable bonds is 1. The third-order valence-corrected chi connectivity index (χ3v) is 3.48. The van der Waals surface area contributed by atoms with Gasteiger partial charge in [0.25, 0.3) is 5.91 Å². The summed E-state index contributed by atoms with van der Waals surface area (Å²) in [5, 5.41) is 2.87. The molecule has 1 aliphatic heterocycles.